The average molecular weight is 217 g/mol. The molecule has 0 unspecified atom stereocenters. The Labute approximate surface area is 89.9 Å². The van der Waals surface area contributed by atoms with E-state index in [9.17, 15) is 4.79 Å². The molecule has 0 radical (unpaired) electrons. The van der Waals surface area contributed by atoms with Gasteiger partial charge in [0, 0.05) is 24.5 Å². The lowest BCUT2D eigenvalue weighted by Crippen LogP contribution is -2.26. The van der Waals surface area contributed by atoms with E-state index in [1.165, 1.54) is 5.54 Å². The first kappa shape index (κ1) is 11.5. The van der Waals surface area contributed by atoms with Crippen molar-refractivity contribution in [3.8, 4) is 0 Å². The molecule has 0 bridgehead atoms. The second-order valence-corrected chi connectivity index (χ2v) is 3.76. The van der Waals surface area contributed by atoms with Crippen LogP contribution in [0, 0.1) is 0 Å². The third-order valence-electron chi connectivity index (χ3n) is 2.05. The standard InChI is InChI=1S/C10H17ClN2O/c11-6-2-8-12-7-1-3-10(14)13-9-4-5-9/h2,6,9,12H,1,3-5,7-8H2,(H,13,14)/b6-2+. The van der Waals surface area contributed by atoms with Crippen molar-refractivity contribution in [3.63, 3.8) is 0 Å². The van der Waals surface area contributed by atoms with Crippen molar-refractivity contribution in [2.45, 2.75) is 31.7 Å². The van der Waals surface area contributed by atoms with E-state index in [0.29, 0.717) is 12.5 Å². The van der Waals surface area contributed by atoms with Crippen molar-refractivity contribution in [1.82, 2.24) is 10.6 Å². The topological polar surface area (TPSA) is 41.1 Å². The highest BCUT2D eigenvalue weighted by Crippen LogP contribution is 2.18. The molecule has 1 aliphatic carbocycles. The Balaban J connectivity index is 1.84. The average Bonchev–Trinajstić information content (AvgIpc) is 2.95. The lowest BCUT2D eigenvalue weighted by molar-refractivity contribution is -0.121. The monoisotopic (exact) mass is 216 g/mol. The van der Waals surface area contributed by atoms with Crippen LogP contribution >= 0.6 is 11.6 Å². The summed E-state index contributed by atoms with van der Waals surface area (Å²) in [6, 6.07) is 0.481. The summed E-state index contributed by atoms with van der Waals surface area (Å²) in [4.78, 5) is 11.2. The van der Waals surface area contributed by atoms with E-state index >= 15 is 0 Å². The summed E-state index contributed by atoms with van der Waals surface area (Å²) in [7, 11) is 0. The van der Waals surface area contributed by atoms with Crippen LogP contribution < -0.4 is 10.6 Å². The van der Waals surface area contributed by atoms with E-state index in [1.54, 1.807) is 0 Å². The molecule has 0 aromatic heterocycles. The van der Waals surface area contributed by atoms with Gasteiger partial charge < -0.3 is 10.6 Å². The maximum absolute atomic E-state index is 11.2. The minimum Gasteiger partial charge on any atom is -0.353 e. The van der Waals surface area contributed by atoms with Gasteiger partial charge in [-0.2, -0.15) is 0 Å². The van der Waals surface area contributed by atoms with Gasteiger partial charge in [0.1, 0.15) is 0 Å². The van der Waals surface area contributed by atoms with Crippen molar-refractivity contribution in [2.75, 3.05) is 13.1 Å². The van der Waals surface area contributed by atoms with Crippen LogP contribution in [0.4, 0.5) is 0 Å². The van der Waals surface area contributed by atoms with Gasteiger partial charge in [-0.25, -0.2) is 0 Å². The van der Waals surface area contributed by atoms with Gasteiger partial charge in [0.05, 0.1) is 0 Å². The first-order valence-electron chi connectivity index (χ1n) is 5.08. The van der Waals surface area contributed by atoms with Crippen LogP contribution in [0.3, 0.4) is 0 Å². The van der Waals surface area contributed by atoms with Gasteiger partial charge >= 0.3 is 0 Å². The number of carbonyl (C=O) groups is 1. The normalized spacial score (nSPS) is 16.1. The predicted octanol–water partition coefficient (Wildman–Crippen LogP) is 1.39. The zero-order valence-electron chi connectivity index (χ0n) is 8.26. The highest BCUT2D eigenvalue weighted by atomic mass is 35.5. The molecule has 0 saturated heterocycles. The van der Waals surface area contributed by atoms with Crippen molar-refractivity contribution >= 4 is 17.5 Å². The second-order valence-electron chi connectivity index (χ2n) is 3.51. The Morgan fingerprint density at radius 1 is 1.50 bits per heavy atom. The quantitative estimate of drug-likeness (QED) is 0.632. The lowest BCUT2D eigenvalue weighted by Gasteiger charge is -2.03. The highest BCUT2D eigenvalue weighted by Gasteiger charge is 2.22. The molecule has 0 atom stereocenters. The lowest BCUT2D eigenvalue weighted by atomic mass is 10.3. The van der Waals surface area contributed by atoms with E-state index in [-0.39, 0.29) is 5.91 Å². The summed E-state index contributed by atoms with van der Waals surface area (Å²) in [5.41, 5.74) is 1.49. The van der Waals surface area contributed by atoms with Crippen molar-refractivity contribution in [3.05, 3.63) is 11.6 Å². The fourth-order valence-corrected chi connectivity index (χ4v) is 1.22. The molecule has 0 heterocycles. The fraction of sp³-hybridized carbons (Fsp3) is 0.700. The van der Waals surface area contributed by atoms with Gasteiger partial charge in [0.2, 0.25) is 5.91 Å². The van der Waals surface area contributed by atoms with E-state index in [4.69, 9.17) is 11.6 Å². The summed E-state index contributed by atoms with van der Waals surface area (Å²) in [6.45, 7) is 1.63. The molecule has 1 fully saturated rings. The molecule has 1 saturated carbocycles. The fourth-order valence-electron chi connectivity index (χ4n) is 1.13. The molecule has 3 nitrogen and oxygen atoms in total. The van der Waals surface area contributed by atoms with Crippen molar-refractivity contribution in [1.29, 1.82) is 0 Å². The molecule has 4 heteroatoms. The van der Waals surface area contributed by atoms with Gasteiger partial charge in [-0.3, -0.25) is 4.79 Å². The minimum absolute atomic E-state index is 0.183. The molecule has 0 aromatic carbocycles. The van der Waals surface area contributed by atoms with Crippen LogP contribution in [-0.2, 0) is 4.79 Å². The van der Waals surface area contributed by atoms with Gasteiger partial charge in [-0.15, -0.1) is 0 Å². The Bertz CT molecular complexity index is 202. The summed E-state index contributed by atoms with van der Waals surface area (Å²) in [6.07, 6.45) is 5.66. The molecule has 1 rings (SSSR count). The van der Waals surface area contributed by atoms with Gasteiger partial charge in [-0.1, -0.05) is 17.7 Å². The van der Waals surface area contributed by atoms with E-state index in [2.05, 4.69) is 10.6 Å². The Hall–Kier alpha value is -0.540. The van der Waals surface area contributed by atoms with Crippen LogP contribution in [0.15, 0.2) is 11.6 Å². The molecule has 14 heavy (non-hydrogen) atoms. The number of halogens is 1. The van der Waals surface area contributed by atoms with Crippen LogP contribution in [-0.4, -0.2) is 25.0 Å². The third kappa shape index (κ3) is 6.00. The molecular weight excluding hydrogens is 200 g/mol. The Kier molecular flexibility index (Phi) is 5.64. The third-order valence-corrected chi connectivity index (χ3v) is 2.23. The zero-order chi connectivity index (χ0) is 10.2. The van der Waals surface area contributed by atoms with E-state index in [1.807, 2.05) is 6.08 Å². The first-order valence-corrected chi connectivity index (χ1v) is 5.52. The van der Waals surface area contributed by atoms with Gasteiger partial charge in [-0.05, 0) is 25.8 Å². The number of carbonyl (C=O) groups excluding carboxylic acids is 1. The molecule has 2 N–H and O–H groups in total. The van der Waals surface area contributed by atoms with Gasteiger partial charge in [0.25, 0.3) is 0 Å². The maximum atomic E-state index is 11.2. The summed E-state index contributed by atoms with van der Waals surface area (Å²) < 4.78 is 0. The number of rotatable bonds is 7. The maximum Gasteiger partial charge on any atom is 0.220 e. The predicted molar refractivity (Wildman–Crippen MR) is 58.3 cm³/mol. The van der Waals surface area contributed by atoms with Gasteiger partial charge in [0.15, 0.2) is 0 Å². The minimum atomic E-state index is 0.183. The Morgan fingerprint density at radius 3 is 2.93 bits per heavy atom. The smallest absolute Gasteiger partial charge is 0.220 e. The molecule has 80 valence electrons. The van der Waals surface area contributed by atoms with E-state index < -0.39 is 0 Å². The number of nitrogens with one attached hydrogen (secondary N) is 2. The molecule has 0 spiro atoms. The molecular formula is C10H17ClN2O. The summed E-state index contributed by atoms with van der Waals surface area (Å²) >= 11 is 5.34. The van der Waals surface area contributed by atoms with Crippen molar-refractivity contribution in [2.24, 2.45) is 0 Å². The van der Waals surface area contributed by atoms with Crippen LogP contribution in [0.5, 0.6) is 0 Å². The Morgan fingerprint density at radius 2 is 2.29 bits per heavy atom. The number of amides is 1. The molecule has 1 amide bonds. The highest BCUT2D eigenvalue weighted by molar-refractivity contribution is 6.25. The molecule has 0 aromatic rings. The molecule has 1 aliphatic rings. The number of hydrogen-bond acceptors (Lipinski definition) is 2. The first-order chi connectivity index (χ1) is 6.83. The van der Waals surface area contributed by atoms with E-state index in [0.717, 1.165) is 32.4 Å². The SMILES string of the molecule is O=C(CCCNC/C=C/Cl)NC1CC1. The number of hydrogen-bond donors (Lipinski definition) is 2. The zero-order valence-corrected chi connectivity index (χ0v) is 9.02. The largest absolute Gasteiger partial charge is 0.353 e. The van der Waals surface area contributed by atoms with Crippen LogP contribution in [0.1, 0.15) is 25.7 Å². The second kappa shape index (κ2) is 6.85. The summed E-state index contributed by atoms with van der Waals surface area (Å²) in [5, 5.41) is 6.11. The summed E-state index contributed by atoms with van der Waals surface area (Å²) in [5.74, 6) is 0.183. The molecule has 0 aliphatic heterocycles. The van der Waals surface area contributed by atoms with Crippen LogP contribution in [0.25, 0.3) is 0 Å². The van der Waals surface area contributed by atoms with Crippen LogP contribution in [0.2, 0.25) is 0 Å². The van der Waals surface area contributed by atoms with Crippen molar-refractivity contribution < 1.29 is 4.79 Å².